The Morgan fingerprint density at radius 3 is 2.73 bits per heavy atom. The minimum absolute atomic E-state index is 0.132. The highest BCUT2D eigenvalue weighted by atomic mass is 16.3. The summed E-state index contributed by atoms with van der Waals surface area (Å²) in [7, 11) is 2.14. The first kappa shape index (κ1) is 17.3. The van der Waals surface area contributed by atoms with Crippen LogP contribution in [-0.2, 0) is 4.79 Å². The second-order valence-corrected chi connectivity index (χ2v) is 7.82. The summed E-state index contributed by atoms with van der Waals surface area (Å²) in [4.78, 5) is 27.8. The number of anilines is 1. The van der Waals surface area contributed by atoms with Gasteiger partial charge in [-0.25, -0.2) is 9.97 Å². The largest absolute Gasteiger partial charge is 0.387 e. The topological polar surface area (TPSA) is 85.4 Å². The van der Waals surface area contributed by atoms with Crippen molar-refractivity contribution in [3.63, 3.8) is 0 Å². The molecule has 0 aromatic carbocycles. The zero-order valence-electron chi connectivity index (χ0n) is 15.3. The molecule has 140 valence electrons. The third-order valence-corrected chi connectivity index (χ3v) is 6.54. The molecule has 1 amide bonds. The molecule has 2 aromatic rings. The molecule has 1 aliphatic carbocycles. The molecule has 0 atom stereocenters. The number of hydrogen-bond acceptors (Lipinski definition) is 5. The first-order valence-electron chi connectivity index (χ1n) is 9.51. The second-order valence-electron chi connectivity index (χ2n) is 7.82. The minimum atomic E-state index is -0.369. The van der Waals surface area contributed by atoms with Gasteiger partial charge in [0.15, 0.2) is 0 Å². The SMILES string of the molecule is CN(c1ncnc2[nH]ccc12)C1CCC2(CC1)CCN(C(=O)CO)CC2. The highest BCUT2D eigenvalue weighted by Gasteiger charge is 2.39. The number of carbonyl (C=O) groups is 1. The van der Waals surface area contributed by atoms with Gasteiger partial charge in [-0.3, -0.25) is 4.79 Å². The quantitative estimate of drug-likeness (QED) is 0.877. The molecule has 26 heavy (non-hydrogen) atoms. The van der Waals surface area contributed by atoms with Crippen molar-refractivity contribution in [3.05, 3.63) is 18.6 Å². The van der Waals surface area contributed by atoms with E-state index in [1.807, 2.05) is 17.2 Å². The fourth-order valence-corrected chi connectivity index (χ4v) is 4.75. The average Bonchev–Trinajstić information content (AvgIpc) is 3.17. The summed E-state index contributed by atoms with van der Waals surface area (Å²) in [5, 5.41) is 10.1. The Hall–Kier alpha value is -2.15. The molecule has 0 radical (unpaired) electrons. The number of carbonyl (C=O) groups excluding carboxylic acids is 1. The number of nitrogens with one attached hydrogen (secondary N) is 1. The maximum Gasteiger partial charge on any atom is 0.248 e. The van der Waals surface area contributed by atoms with Crippen LogP contribution in [-0.4, -0.2) is 63.7 Å². The Kier molecular flexibility index (Phi) is 4.56. The van der Waals surface area contributed by atoms with Crippen molar-refractivity contribution < 1.29 is 9.90 Å². The third-order valence-electron chi connectivity index (χ3n) is 6.54. The van der Waals surface area contributed by atoms with E-state index in [1.54, 1.807) is 6.33 Å². The lowest BCUT2D eigenvalue weighted by atomic mass is 9.66. The summed E-state index contributed by atoms with van der Waals surface area (Å²) in [6.07, 6.45) is 10.4. The van der Waals surface area contributed by atoms with E-state index in [1.165, 1.54) is 12.8 Å². The van der Waals surface area contributed by atoms with E-state index in [4.69, 9.17) is 5.11 Å². The van der Waals surface area contributed by atoms with E-state index in [-0.39, 0.29) is 12.5 Å². The van der Waals surface area contributed by atoms with Gasteiger partial charge < -0.3 is 19.9 Å². The van der Waals surface area contributed by atoms with E-state index in [0.29, 0.717) is 11.5 Å². The maximum atomic E-state index is 11.7. The normalized spacial score (nSPS) is 20.6. The first-order chi connectivity index (χ1) is 12.6. The van der Waals surface area contributed by atoms with Gasteiger partial charge in [-0.15, -0.1) is 0 Å². The molecule has 2 N–H and O–H groups in total. The van der Waals surface area contributed by atoms with Crippen LogP contribution in [0, 0.1) is 5.41 Å². The molecule has 7 nitrogen and oxygen atoms in total. The molecule has 4 rings (SSSR count). The van der Waals surface area contributed by atoms with Crippen LogP contribution >= 0.6 is 0 Å². The lowest BCUT2D eigenvalue weighted by molar-refractivity contribution is -0.136. The van der Waals surface area contributed by atoms with Gasteiger partial charge >= 0.3 is 0 Å². The molecule has 0 unspecified atom stereocenters. The van der Waals surface area contributed by atoms with Crippen LogP contribution in [0.4, 0.5) is 5.82 Å². The van der Waals surface area contributed by atoms with Gasteiger partial charge in [0.1, 0.15) is 24.4 Å². The van der Waals surface area contributed by atoms with Gasteiger partial charge in [0.25, 0.3) is 0 Å². The Morgan fingerprint density at radius 2 is 2.04 bits per heavy atom. The van der Waals surface area contributed by atoms with Crippen molar-refractivity contribution in [2.75, 3.05) is 31.6 Å². The van der Waals surface area contributed by atoms with Crippen molar-refractivity contribution in [1.29, 1.82) is 0 Å². The van der Waals surface area contributed by atoms with Crippen molar-refractivity contribution in [3.8, 4) is 0 Å². The molecule has 1 aliphatic heterocycles. The van der Waals surface area contributed by atoms with E-state index in [2.05, 4.69) is 26.9 Å². The number of rotatable bonds is 3. The first-order valence-corrected chi connectivity index (χ1v) is 9.51. The number of aliphatic hydroxyl groups is 1. The van der Waals surface area contributed by atoms with Crippen LogP contribution in [0.15, 0.2) is 18.6 Å². The Bertz CT molecular complexity index is 771. The Morgan fingerprint density at radius 1 is 1.31 bits per heavy atom. The summed E-state index contributed by atoms with van der Waals surface area (Å²) in [5.74, 6) is 0.869. The van der Waals surface area contributed by atoms with Gasteiger partial charge in [0, 0.05) is 32.4 Å². The molecule has 2 aliphatic rings. The number of H-pyrrole nitrogens is 1. The summed E-state index contributed by atoms with van der Waals surface area (Å²) in [6, 6.07) is 2.53. The summed E-state index contributed by atoms with van der Waals surface area (Å²) in [6.45, 7) is 1.21. The van der Waals surface area contributed by atoms with Gasteiger partial charge in [-0.2, -0.15) is 0 Å². The number of aromatic amines is 1. The van der Waals surface area contributed by atoms with Gasteiger partial charge in [-0.1, -0.05) is 0 Å². The lowest BCUT2D eigenvalue weighted by Crippen LogP contribution is -2.47. The van der Waals surface area contributed by atoms with Gasteiger partial charge in [0.2, 0.25) is 5.91 Å². The van der Waals surface area contributed by atoms with Crippen molar-refractivity contribution in [1.82, 2.24) is 19.9 Å². The van der Waals surface area contributed by atoms with Crippen LogP contribution < -0.4 is 4.90 Å². The number of likely N-dealkylation sites (tertiary alicyclic amines) is 1. The van der Waals surface area contributed by atoms with Crippen LogP contribution in [0.1, 0.15) is 38.5 Å². The molecule has 1 spiro atoms. The maximum absolute atomic E-state index is 11.7. The molecule has 3 heterocycles. The molecule has 1 saturated heterocycles. The monoisotopic (exact) mass is 357 g/mol. The number of hydrogen-bond donors (Lipinski definition) is 2. The summed E-state index contributed by atoms with van der Waals surface area (Å²) >= 11 is 0. The Balaban J connectivity index is 1.39. The molecule has 7 heteroatoms. The van der Waals surface area contributed by atoms with Gasteiger partial charge in [-0.05, 0) is 50.0 Å². The Labute approximate surface area is 153 Å². The van der Waals surface area contributed by atoms with E-state index in [0.717, 1.165) is 55.6 Å². The number of nitrogens with zero attached hydrogens (tertiary/aromatic N) is 4. The van der Waals surface area contributed by atoms with Crippen LogP contribution in [0.3, 0.4) is 0 Å². The smallest absolute Gasteiger partial charge is 0.248 e. The van der Waals surface area contributed by atoms with E-state index >= 15 is 0 Å². The third kappa shape index (κ3) is 3.05. The van der Waals surface area contributed by atoms with Crippen LogP contribution in [0.25, 0.3) is 11.0 Å². The zero-order chi connectivity index (χ0) is 18.1. The molecular formula is C19H27N5O2. The van der Waals surface area contributed by atoms with Gasteiger partial charge in [0.05, 0.1) is 5.39 Å². The predicted molar refractivity (Wildman–Crippen MR) is 99.9 cm³/mol. The highest BCUT2D eigenvalue weighted by molar-refractivity contribution is 5.87. The highest BCUT2D eigenvalue weighted by Crippen LogP contribution is 2.46. The van der Waals surface area contributed by atoms with E-state index in [9.17, 15) is 4.79 Å². The minimum Gasteiger partial charge on any atom is -0.387 e. The summed E-state index contributed by atoms with van der Waals surface area (Å²) in [5.41, 5.74) is 1.26. The molecule has 0 bridgehead atoms. The number of aliphatic hydroxyl groups excluding tert-OH is 1. The summed E-state index contributed by atoms with van der Waals surface area (Å²) < 4.78 is 0. The fraction of sp³-hybridized carbons (Fsp3) is 0.632. The predicted octanol–water partition coefficient (Wildman–Crippen LogP) is 1.94. The second kappa shape index (κ2) is 6.87. The number of amides is 1. The number of piperidine rings is 1. The molecule has 2 fully saturated rings. The van der Waals surface area contributed by atoms with Crippen molar-refractivity contribution in [2.45, 2.75) is 44.6 Å². The zero-order valence-corrected chi connectivity index (χ0v) is 15.3. The van der Waals surface area contributed by atoms with Crippen LogP contribution in [0.2, 0.25) is 0 Å². The average molecular weight is 357 g/mol. The lowest BCUT2D eigenvalue weighted by Gasteiger charge is -2.47. The van der Waals surface area contributed by atoms with Crippen molar-refractivity contribution in [2.24, 2.45) is 5.41 Å². The standard InChI is InChI=1S/C19H27N5O2/c1-23(18-15-4-9-20-17(15)21-13-22-18)14-2-5-19(6-3-14)7-10-24(11-8-19)16(26)12-25/h4,9,13-14,25H,2-3,5-8,10-12H2,1H3,(H,20,21,22). The molecule has 2 aromatic heterocycles. The molecule has 1 saturated carbocycles. The van der Waals surface area contributed by atoms with Crippen LogP contribution in [0.5, 0.6) is 0 Å². The number of aromatic nitrogens is 3. The fourth-order valence-electron chi connectivity index (χ4n) is 4.75. The number of fused-ring (bicyclic) bond motifs is 1. The van der Waals surface area contributed by atoms with E-state index < -0.39 is 0 Å². The van der Waals surface area contributed by atoms with Crippen molar-refractivity contribution >= 4 is 22.8 Å². The molecular weight excluding hydrogens is 330 g/mol.